The third kappa shape index (κ3) is 6.15. The molecule has 1 heterocycles. The Morgan fingerprint density at radius 2 is 1.65 bits per heavy atom. The van der Waals surface area contributed by atoms with E-state index in [-0.39, 0.29) is 35.2 Å². The van der Waals surface area contributed by atoms with Gasteiger partial charge in [-0.1, -0.05) is 58.9 Å². The zero-order valence-corrected chi connectivity index (χ0v) is 22.3. The van der Waals surface area contributed by atoms with Gasteiger partial charge in [-0.25, -0.2) is 0 Å². The standard InChI is InChI=1S/C28H40N2O3S/c1-16(2)29-26(28(5,6)7)24(32)22-14-21(31)15-23(22)27(33)30-18(4)19-8-10-20(11-9-19)25-17(3)12-13-34-25/h8-13,16,18,21-23,26,29,31H,14-15H2,1-7H3,(H,30,33)/t18-,21-,22?,23+,26-/m0/s1. The maximum Gasteiger partial charge on any atom is 0.224 e. The molecule has 1 amide bonds. The van der Waals surface area contributed by atoms with Crippen molar-refractivity contribution >= 4 is 23.0 Å². The summed E-state index contributed by atoms with van der Waals surface area (Å²) in [5, 5.41) is 19.0. The minimum absolute atomic E-state index is 0.0289. The molecule has 186 valence electrons. The largest absolute Gasteiger partial charge is 0.393 e. The van der Waals surface area contributed by atoms with Crippen LogP contribution in [0.1, 0.15) is 71.6 Å². The molecule has 0 spiro atoms. The average molecular weight is 485 g/mol. The topological polar surface area (TPSA) is 78.4 Å². The first-order chi connectivity index (χ1) is 15.9. The minimum atomic E-state index is -0.631. The molecule has 0 aliphatic heterocycles. The summed E-state index contributed by atoms with van der Waals surface area (Å²) in [6.45, 7) is 14.2. The van der Waals surface area contributed by atoms with Gasteiger partial charge in [0, 0.05) is 16.8 Å². The van der Waals surface area contributed by atoms with Crippen LogP contribution in [0.5, 0.6) is 0 Å². The lowest BCUT2D eigenvalue weighted by molar-refractivity contribution is -0.135. The van der Waals surface area contributed by atoms with E-state index in [0.717, 1.165) is 5.56 Å². The predicted molar refractivity (Wildman–Crippen MR) is 140 cm³/mol. The summed E-state index contributed by atoms with van der Waals surface area (Å²) in [5.41, 5.74) is 3.16. The molecule has 1 aliphatic carbocycles. The second-order valence-corrected chi connectivity index (χ2v) is 12.1. The third-order valence-electron chi connectivity index (χ3n) is 6.78. The summed E-state index contributed by atoms with van der Waals surface area (Å²) in [6.07, 6.45) is 0.0318. The SMILES string of the molecule is Cc1ccsc1-c1ccc([C@H](C)NC(=O)[C@@H]2C[C@@H](O)CC2C(=O)[C@H](NC(C)C)C(C)(C)C)cc1. The van der Waals surface area contributed by atoms with Crippen LogP contribution in [0.2, 0.25) is 0 Å². The molecule has 1 fully saturated rings. The van der Waals surface area contributed by atoms with Crippen LogP contribution in [0, 0.1) is 24.2 Å². The van der Waals surface area contributed by atoms with Gasteiger partial charge in [0.15, 0.2) is 5.78 Å². The number of benzene rings is 1. The predicted octanol–water partition coefficient (Wildman–Crippen LogP) is 5.27. The quantitative estimate of drug-likeness (QED) is 0.477. The van der Waals surface area contributed by atoms with Crippen molar-refractivity contribution < 1.29 is 14.7 Å². The Balaban J connectivity index is 1.72. The molecular weight excluding hydrogens is 444 g/mol. The molecule has 1 aromatic heterocycles. The highest BCUT2D eigenvalue weighted by atomic mass is 32.1. The van der Waals surface area contributed by atoms with E-state index in [9.17, 15) is 14.7 Å². The van der Waals surface area contributed by atoms with Gasteiger partial charge in [-0.05, 0) is 60.2 Å². The zero-order chi connectivity index (χ0) is 25.2. The molecule has 0 saturated heterocycles. The van der Waals surface area contributed by atoms with Crippen molar-refractivity contribution in [3.63, 3.8) is 0 Å². The van der Waals surface area contributed by atoms with E-state index in [1.165, 1.54) is 16.0 Å². The number of carbonyl (C=O) groups is 2. The fourth-order valence-electron chi connectivity index (χ4n) is 4.92. The molecule has 2 aromatic rings. The Morgan fingerprint density at radius 3 is 2.18 bits per heavy atom. The number of rotatable bonds is 8. The van der Waals surface area contributed by atoms with Crippen molar-refractivity contribution in [3.8, 4) is 10.4 Å². The summed E-state index contributed by atoms with van der Waals surface area (Å²) < 4.78 is 0. The molecule has 1 aliphatic rings. The number of aliphatic hydroxyl groups excluding tert-OH is 1. The summed E-state index contributed by atoms with van der Waals surface area (Å²) in [6, 6.07) is 9.98. The van der Waals surface area contributed by atoms with Gasteiger partial charge in [0.05, 0.1) is 24.1 Å². The summed E-state index contributed by atoms with van der Waals surface area (Å²) in [4.78, 5) is 28.1. The number of thiophene rings is 1. The number of amides is 1. The number of hydrogen-bond donors (Lipinski definition) is 3. The second kappa shape index (κ2) is 10.7. The molecule has 34 heavy (non-hydrogen) atoms. The number of ketones is 1. The first-order valence-electron chi connectivity index (χ1n) is 12.3. The van der Waals surface area contributed by atoms with Gasteiger partial charge in [0.1, 0.15) is 0 Å². The minimum Gasteiger partial charge on any atom is -0.393 e. The summed E-state index contributed by atoms with van der Waals surface area (Å²) in [5.74, 6) is -1.13. The summed E-state index contributed by atoms with van der Waals surface area (Å²) in [7, 11) is 0. The molecule has 1 saturated carbocycles. The Bertz CT molecular complexity index is 990. The highest BCUT2D eigenvalue weighted by Crippen LogP contribution is 2.37. The van der Waals surface area contributed by atoms with E-state index < -0.39 is 17.9 Å². The van der Waals surface area contributed by atoms with Gasteiger partial charge in [0.25, 0.3) is 0 Å². The number of Topliss-reactive ketones (excluding diaryl/α,β-unsaturated/α-hetero) is 1. The van der Waals surface area contributed by atoms with Crippen LogP contribution in [0.3, 0.4) is 0 Å². The Labute approximate surface area is 208 Å². The van der Waals surface area contributed by atoms with Crippen molar-refractivity contribution in [2.45, 2.75) is 85.5 Å². The van der Waals surface area contributed by atoms with Crippen molar-refractivity contribution in [2.75, 3.05) is 0 Å². The van der Waals surface area contributed by atoms with Gasteiger partial charge in [-0.2, -0.15) is 0 Å². The fourth-order valence-corrected chi connectivity index (χ4v) is 5.85. The van der Waals surface area contributed by atoms with E-state index in [0.29, 0.717) is 12.8 Å². The zero-order valence-electron chi connectivity index (χ0n) is 21.5. The van der Waals surface area contributed by atoms with E-state index >= 15 is 0 Å². The van der Waals surface area contributed by atoms with Crippen molar-refractivity contribution in [1.82, 2.24) is 10.6 Å². The molecule has 0 bridgehead atoms. The normalized spacial score (nSPS) is 22.6. The molecule has 3 N–H and O–H groups in total. The Morgan fingerprint density at radius 1 is 1.03 bits per heavy atom. The molecule has 6 heteroatoms. The Kier molecular flexibility index (Phi) is 8.38. The number of aryl methyl sites for hydroxylation is 1. The van der Waals surface area contributed by atoms with Crippen LogP contribution >= 0.6 is 11.3 Å². The van der Waals surface area contributed by atoms with E-state index in [4.69, 9.17) is 0 Å². The van der Waals surface area contributed by atoms with Crippen LogP contribution in [0.15, 0.2) is 35.7 Å². The van der Waals surface area contributed by atoms with Crippen molar-refractivity contribution in [1.29, 1.82) is 0 Å². The van der Waals surface area contributed by atoms with E-state index in [2.05, 4.69) is 41.1 Å². The smallest absolute Gasteiger partial charge is 0.224 e. The molecule has 1 unspecified atom stereocenters. The summed E-state index contributed by atoms with van der Waals surface area (Å²) >= 11 is 1.72. The van der Waals surface area contributed by atoms with E-state index in [1.54, 1.807) is 11.3 Å². The Hall–Kier alpha value is -2.02. The monoisotopic (exact) mass is 484 g/mol. The third-order valence-corrected chi connectivity index (χ3v) is 7.85. The van der Waals surface area contributed by atoms with Gasteiger partial charge >= 0.3 is 0 Å². The first-order valence-corrected chi connectivity index (χ1v) is 13.2. The number of aliphatic hydroxyl groups is 1. The van der Waals surface area contributed by atoms with Gasteiger partial charge in [-0.3, -0.25) is 9.59 Å². The van der Waals surface area contributed by atoms with Gasteiger partial charge < -0.3 is 15.7 Å². The lowest BCUT2D eigenvalue weighted by Gasteiger charge is -2.35. The first kappa shape index (κ1) is 26.6. The lowest BCUT2D eigenvalue weighted by atomic mass is 9.77. The van der Waals surface area contributed by atoms with Crippen molar-refractivity contribution in [3.05, 3.63) is 46.8 Å². The van der Waals surface area contributed by atoms with E-state index in [1.807, 2.05) is 53.7 Å². The fraction of sp³-hybridized carbons (Fsp3) is 0.571. The van der Waals surface area contributed by atoms with Crippen LogP contribution in [-0.4, -0.2) is 35.0 Å². The van der Waals surface area contributed by atoms with Crippen LogP contribution in [0.4, 0.5) is 0 Å². The molecule has 5 atom stereocenters. The number of carbonyl (C=O) groups excluding carboxylic acids is 2. The average Bonchev–Trinajstić information content (AvgIpc) is 3.36. The van der Waals surface area contributed by atoms with Crippen molar-refractivity contribution in [2.24, 2.45) is 17.3 Å². The van der Waals surface area contributed by atoms with Crippen LogP contribution in [0.25, 0.3) is 10.4 Å². The molecule has 0 radical (unpaired) electrons. The maximum atomic E-state index is 13.6. The molecule has 1 aromatic carbocycles. The van der Waals surface area contributed by atoms with Crippen LogP contribution < -0.4 is 10.6 Å². The number of hydrogen-bond acceptors (Lipinski definition) is 5. The second-order valence-electron chi connectivity index (χ2n) is 11.1. The molecule has 5 nitrogen and oxygen atoms in total. The van der Waals surface area contributed by atoms with Gasteiger partial charge in [-0.15, -0.1) is 11.3 Å². The van der Waals surface area contributed by atoms with Gasteiger partial charge in [0.2, 0.25) is 5.91 Å². The lowest BCUT2D eigenvalue weighted by Crippen LogP contribution is -2.52. The highest BCUT2D eigenvalue weighted by Gasteiger charge is 2.46. The maximum absolute atomic E-state index is 13.6. The molecular formula is C28H40N2O3S. The number of nitrogens with one attached hydrogen (secondary N) is 2. The highest BCUT2D eigenvalue weighted by molar-refractivity contribution is 7.13. The molecule has 3 rings (SSSR count). The van der Waals surface area contributed by atoms with Crippen LogP contribution in [-0.2, 0) is 9.59 Å².